The third-order valence-corrected chi connectivity index (χ3v) is 4.82. The van der Waals surface area contributed by atoms with Gasteiger partial charge >= 0.3 is 0 Å². The molecule has 0 aromatic carbocycles. The van der Waals surface area contributed by atoms with Crippen molar-refractivity contribution in [2.75, 3.05) is 18.0 Å². The number of aromatic nitrogens is 3. The smallest absolute Gasteiger partial charge is 0.129 e. The second-order valence-electron chi connectivity index (χ2n) is 6.84. The average molecular weight is 333 g/mol. The number of rotatable bonds is 3. The lowest BCUT2D eigenvalue weighted by Gasteiger charge is -2.32. The maximum atomic E-state index is 5.70. The van der Waals surface area contributed by atoms with E-state index in [4.69, 9.17) is 15.7 Å². The molecule has 3 aromatic heterocycles. The molecule has 0 aliphatic carbocycles. The maximum Gasteiger partial charge on any atom is 0.129 e. The lowest BCUT2D eigenvalue weighted by atomic mass is 10.0. The number of hydrogen-bond acceptors (Lipinski definition) is 5. The molecule has 0 bridgehead atoms. The van der Waals surface area contributed by atoms with Crippen LogP contribution in [0.15, 0.2) is 42.6 Å². The van der Waals surface area contributed by atoms with Gasteiger partial charge in [-0.05, 0) is 49.1 Å². The second-order valence-corrected chi connectivity index (χ2v) is 6.84. The molecule has 25 heavy (non-hydrogen) atoms. The molecule has 0 unspecified atom stereocenters. The molecule has 1 aliphatic rings. The standard InChI is InChI=1S/C20H23N5/c1-14-4-3-9-25(13-14)20-6-2-5-17(24-20)18-8-7-15-12-22-16(11-21)10-19(15)23-18/h2,5-8,10,12,14H,3-4,9,11,13,21H2,1H3/t14-/m1/s1. The molecule has 0 spiro atoms. The normalized spacial score (nSPS) is 17.8. The minimum Gasteiger partial charge on any atom is -0.356 e. The highest BCUT2D eigenvalue weighted by Crippen LogP contribution is 2.25. The lowest BCUT2D eigenvalue weighted by Crippen LogP contribution is -2.34. The van der Waals surface area contributed by atoms with Gasteiger partial charge in [0.1, 0.15) is 5.82 Å². The molecular weight excluding hydrogens is 310 g/mol. The summed E-state index contributed by atoms with van der Waals surface area (Å²) in [5.74, 6) is 1.77. The number of anilines is 1. The van der Waals surface area contributed by atoms with Crippen LogP contribution in [0.4, 0.5) is 5.82 Å². The number of piperidine rings is 1. The van der Waals surface area contributed by atoms with E-state index in [1.54, 1.807) is 0 Å². The number of fused-ring (bicyclic) bond motifs is 1. The summed E-state index contributed by atoms with van der Waals surface area (Å²) in [4.78, 5) is 16.4. The van der Waals surface area contributed by atoms with Gasteiger partial charge in [0.25, 0.3) is 0 Å². The molecule has 1 fully saturated rings. The van der Waals surface area contributed by atoms with E-state index in [0.717, 1.165) is 52.8 Å². The Morgan fingerprint density at radius 2 is 2.04 bits per heavy atom. The van der Waals surface area contributed by atoms with E-state index in [9.17, 15) is 0 Å². The largest absolute Gasteiger partial charge is 0.356 e. The van der Waals surface area contributed by atoms with Crippen LogP contribution in [0.25, 0.3) is 22.3 Å². The van der Waals surface area contributed by atoms with Gasteiger partial charge in [0.05, 0.1) is 22.6 Å². The molecule has 4 heterocycles. The zero-order valence-electron chi connectivity index (χ0n) is 14.5. The summed E-state index contributed by atoms with van der Waals surface area (Å²) in [7, 11) is 0. The Labute approximate surface area is 147 Å². The molecule has 1 aliphatic heterocycles. The van der Waals surface area contributed by atoms with Gasteiger partial charge in [0, 0.05) is 31.2 Å². The van der Waals surface area contributed by atoms with Crippen LogP contribution in [-0.2, 0) is 6.54 Å². The molecule has 0 saturated carbocycles. The van der Waals surface area contributed by atoms with E-state index in [0.29, 0.717) is 6.54 Å². The Balaban J connectivity index is 1.69. The molecule has 0 radical (unpaired) electrons. The summed E-state index contributed by atoms with van der Waals surface area (Å²) in [5.41, 5.74) is 9.24. The minimum absolute atomic E-state index is 0.419. The SMILES string of the molecule is C[C@@H]1CCCN(c2cccc(-c3ccc4cnc(CN)cc4n3)n2)C1. The van der Waals surface area contributed by atoms with E-state index in [1.165, 1.54) is 12.8 Å². The second kappa shape index (κ2) is 6.76. The maximum absolute atomic E-state index is 5.70. The molecule has 128 valence electrons. The van der Waals surface area contributed by atoms with Crippen LogP contribution in [-0.4, -0.2) is 28.0 Å². The van der Waals surface area contributed by atoms with Crippen LogP contribution in [0.3, 0.4) is 0 Å². The Morgan fingerprint density at radius 1 is 1.16 bits per heavy atom. The van der Waals surface area contributed by atoms with Crippen LogP contribution in [0.2, 0.25) is 0 Å². The molecule has 5 heteroatoms. The van der Waals surface area contributed by atoms with Crippen molar-refractivity contribution in [3.8, 4) is 11.4 Å². The van der Waals surface area contributed by atoms with Crippen molar-refractivity contribution in [1.82, 2.24) is 15.0 Å². The van der Waals surface area contributed by atoms with E-state index < -0.39 is 0 Å². The summed E-state index contributed by atoms with van der Waals surface area (Å²) in [6.07, 6.45) is 4.36. The predicted octanol–water partition coefficient (Wildman–Crippen LogP) is 3.39. The van der Waals surface area contributed by atoms with Crippen LogP contribution in [0, 0.1) is 5.92 Å². The molecule has 1 saturated heterocycles. The Morgan fingerprint density at radius 3 is 2.88 bits per heavy atom. The van der Waals surface area contributed by atoms with Crippen LogP contribution in [0.1, 0.15) is 25.5 Å². The molecular formula is C20H23N5. The van der Waals surface area contributed by atoms with Crippen LogP contribution < -0.4 is 10.6 Å². The van der Waals surface area contributed by atoms with Crippen molar-refractivity contribution in [3.05, 3.63) is 48.3 Å². The van der Waals surface area contributed by atoms with Crippen molar-refractivity contribution in [3.63, 3.8) is 0 Å². The van der Waals surface area contributed by atoms with Crippen LogP contribution in [0.5, 0.6) is 0 Å². The van der Waals surface area contributed by atoms with Gasteiger partial charge in [0.15, 0.2) is 0 Å². The van der Waals surface area contributed by atoms with Gasteiger partial charge in [-0.25, -0.2) is 9.97 Å². The van der Waals surface area contributed by atoms with Crippen molar-refractivity contribution in [2.24, 2.45) is 11.7 Å². The van der Waals surface area contributed by atoms with Crippen molar-refractivity contribution in [2.45, 2.75) is 26.3 Å². The highest BCUT2D eigenvalue weighted by atomic mass is 15.2. The summed E-state index contributed by atoms with van der Waals surface area (Å²) >= 11 is 0. The van der Waals surface area contributed by atoms with Gasteiger partial charge < -0.3 is 10.6 Å². The number of pyridine rings is 3. The first-order valence-corrected chi connectivity index (χ1v) is 8.91. The quantitative estimate of drug-likeness (QED) is 0.796. The van der Waals surface area contributed by atoms with Gasteiger partial charge in [-0.15, -0.1) is 0 Å². The fourth-order valence-corrected chi connectivity index (χ4v) is 3.45. The van der Waals surface area contributed by atoms with Crippen LogP contribution >= 0.6 is 0 Å². The highest BCUT2D eigenvalue weighted by molar-refractivity contribution is 5.80. The first-order chi connectivity index (χ1) is 12.2. The lowest BCUT2D eigenvalue weighted by molar-refractivity contribution is 0.444. The van der Waals surface area contributed by atoms with Crippen molar-refractivity contribution < 1.29 is 0 Å². The zero-order valence-corrected chi connectivity index (χ0v) is 14.5. The van der Waals surface area contributed by atoms with Gasteiger partial charge in [0.2, 0.25) is 0 Å². The van der Waals surface area contributed by atoms with E-state index in [-0.39, 0.29) is 0 Å². The number of nitrogens with two attached hydrogens (primary N) is 1. The molecule has 1 atom stereocenters. The molecule has 3 aromatic rings. The highest BCUT2D eigenvalue weighted by Gasteiger charge is 2.18. The monoisotopic (exact) mass is 333 g/mol. The summed E-state index contributed by atoms with van der Waals surface area (Å²) in [6, 6.07) is 12.2. The third kappa shape index (κ3) is 3.33. The van der Waals surface area contributed by atoms with Gasteiger partial charge in [-0.3, -0.25) is 4.98 Å². The van der Waals surface area contributed by atoms with Gasteiger partial charge in [-0.2, -0.15) is 0 Å². The first-order valence-electron chi connectivity index (χ1n) is 8.91. The molecule has 4 rings (SSSR count). The number of nitrogens with zero attached hydrogens (tertiary/aromatic N) is 4. The topological polar surface area (TPSA) is 67.9 Å². The number of hydrogen-bond donors (Lipinski definition) is 1. The molecule has 2 N–H and O–H groups in total. The van der Waals surface area contributed by atoms with E-state index >= 15 is 0 Å². The summed E-state index contributed by atoms with van der Waals surface area (Å²) < 4.78 is 0. The summed E-state index contributed by atoms with van der Waals surface area (Å²) in [6.45, 7) is 4.89. The summed E-state index contributed by atoms with van der Waals surface area (Å²) in [5, 5.41) is 1.02. The fourth-order valence-electron chi connectivity index (χ4n) is 3.45. The minimum atomic E-state index is 0.419. The fraction of sp³-hybridized carbons (Fsp3) is 0.350. The third-order valence-electron chi connectivity index (χ3n) is 4.82. The Bertz CT molecular complexity index is 892. The Hall–Kier alpha value is -2.53. The van der Waals surface area contributed by atoms with Crippen molar-refractivity contribution >= 4 is 16.7 Å². The zero-order chi connectivity index (χ0) is 17.2. The first kappa shape index (κ1) is 16.0. The predicted molar refractivity (Wildman–Crippen MR) is 101 cm³/mol. The molecule has 0 amide bonds. The average Bonchev–Trinajstić information content (AvgIpc) is 2.67. The van der Waals surface area contributed by atoms with E-state index in [1.807, 2.05) is 30.5 Å². The Kier molecular flexibility index (Phi) is 4.32. The molecule has 5 nitrogen and oxygen atoms in total. The van der Waals surface area contributed by atoms with Crippen molar-refractivity contribution in [1.29, 1.82) is 0 Å². The van der Waals surface area contributed by atoms with Gasteiger partial charge in [-0.1, -0.05) is 13.0 Å². The van der Waals surface area contributed by atoms with E-state index in [2.05, 4.69) is 28.9 Å².